The average molecular weight is 280 g/mol. The Morgan fingerprint density at radius 2 is 1.20 bits per heavy atom. The molecule has 2 N–H and O–H groups in total. The summed E-state index contributed by atoms with van der Waals surface area (Å²) in [6.45, 7) is 3.65. The molecule has 0 saturated heterocycles. The van der Waals surface area contributed by atoms with Gasteiger partial charge in [0.2, 0.25) is 12.7 Å². The van der Waals surface area contributed by atoms with Crippen LogP contribution in [0.5, 0.6) is 0 Å². The largest absolute Gasteiger partial charge is 0.392 e. The number of unbranched alkanes of at least 4 members (excludes halogenated alkanes) is 1. The van der Waals surface area contributed by atoms with Gasteiger partial charge >= 0.3 is 0 Å². The molecule has 2 aromatic heterocycles. The zero-order chi connectivity index (χ0) is 14.2. The van der Waals surface area contributed by atoms with Gasteiger partial charge < -0.3 is 10.2 Å². The summed E-state index contributed by atoms with van der Waals surface area (Å²) in [5, 5.41) is 17.7. The Morgan fingerprint density at radius 1 is 0.750 bits per heavy atom. The Balaban J connectivity index is 1.67. The minimum atomic E-state index is 0.177. The van der Waals surface area contributed by atoms with Crippen LogP contribution in [-0.2, 0) is 26.2 Å². The molecule has 6 nitrogen and oxygen atoms in total. The zero-order valence-corrected chi connectivity index (χ0v) is 11.8. The molecule has 0 bridgehead atoms. The predicted octanol–water partition coefficient (Wildman–Crippen LogP) is -0.670. The van der Waals surface area contributed by atoms with E-state index in [0.717, 1.165) is 25.9 Å². The van der Waals surface area contributed by atoms with E-state index in [1.54, 1.807) is 0 Å². The van der Waals surface area contributed by atoms with E-state index < -0.39 is 0 Å². The Morgan fingerprint density at radius 3 is 1.60 bits per heavy atom. The number of aromatic nitrogens is 4. The van der Waals surface area contributed by atoms with Crippen molar-refractivity contribution in [3.05, 3.63) is 37.4 Å². The number of hydrogen-bond acceptors (Lipinski definition) is 2. The van der Waals surface area contributed by atoms with Gasteiger partial charge in [0.15, 0.2) is 0 Å². The second-order valence-electron chi connectivity index (χ2n) is 4.93. The summed E-state index contributed by atoms with van der Waals surface area (Å²) in [6, 6.07) is 0. The monoisotopic (exact) mass is 280 g/mol. The Bertz CT molecular complexity index is 461. The Kier molecular flexibility index (Phi) is 5.76. The summed E-state index contributed by atoms with van der Waals surface area (Å²) in [4.78, 5) is 0. The van der Waals surface area contributed by atoms with Crippen LogP contribution in [0.25, 0.3) is 0 Å². The predicted molar refractivity (Wildman–Crippen MR) is 72.7 cm³/mol. The average Bonchev–Trinajstić information content (AvgIpc) is 3.06. The van der Waals surface area contributed by atoms with Crippen molar-refractivity contribution in [1.82, 2.24) is 9.13 Å². The molecule has 0 aliphatic heterocycles. The molecule has 0 spiro atoms. The SMILES string of the molecule is OCCn1cc[n+](CCCC[n+]2ccn(CCO)c2)c1. The van der Waals surface area contributed by atoms with Crippen molar-refractivity contribution in [3.8, 4) is 0 Å². The minimum Gasteiger partial charge on any atom is -0.392 e. The molecule has 0 aliphatic carbocycles. The highest BCUT2D eigenvalue weighted by atomic mass is 16.3. The topological polar surface area (TPSA) is 58.1 Å². The van der Waals surface area contributed by atoms with Gasteiger partial charge in [-0.25, -0.2) is 18.3 Å². The normalized spacial score (nSPS) is 11.1. The number of hydrogen-bond donors (Lipinski definition) is 2. The zero-order valence-electron chi connectivity index (χ0n) is 11.8. The maximum absolute atomic E-state index is 8.86. The van der Waals surface area contributed by atoms with Crippen LogP contribution in [0.1, 0.15) is 12.8 Å². The van der Waals surface area contributed by atoms with Crippen molar-refractivity contribution in [3.63, 3.8) is 0 Å². The number of aliphatic hydroxyl groups is 2. The quantitative estimate of drug-likeness (QED) is 0.473. The van der Waals surface area contributed by atoms with E-state index in [-0.39, 0.29) is 13.2 Å². The molecule has 6 heteroatoms. The summed E-state index contributed by atoms with van der Waals surface area (Å²) < 4.78 is 8.28. The van der Waals surface area contributed by atoms with Gasteiger partial charge in [-0.1, -0.05) is 0 Å². The highest BCUT2D eigenvalue weighted by Gasteiger charge is 2.05. The second-order valence-corrected chi connectivity index (χ2v) is 4.93. The molecule has 0 saturated carbocycles. The van der Waals surface area contributed by atoms with Gasteiger partial charge in [-0.15, -0.1) is 0 Å². The molecule has 0 amide bonds. The van der Waals surface area contributed by atoms with Gasteiger partial charge in [0.1, 0.15) is 37.9 Å². The molecule has 2 rings (SSSR count). The van der Waals surface area contributed by atoms with Gasteiger partial charge in [-0.05, 0) is 12.8 Å². The maximum atomic E-state index is 8.86. The third-order valence-electron chi connectivity index (χ3n) is 3.29. The van der Waals surface area contributed by atoms with Gasteiger partial charge in [-0.2, -0.15) is 0 Å². The minimum absolute atomic E-state index is 0.177. The molecule has 0 radical (unpaired) electrons. The fourth-order valence-electron chi connectivity index (χ4n) is 2.23. The van der Waals surface area contributed by atoms with E-state index >= 15 is 0 Å². The van der Waals surface area contributed by atoms with E-state index in [1.165, 1.54) is 0 Å². The van der Waals surface area contributed by atoms with Crippen LogP contribution in [0.15, 0.2) is 37.4 Å². The first-order valence-corrected chi connectivity index (χ1v) is 7.13. The molecular formula is C14H24N4O2+2. The molecular weight excluding hydrogens is 256 g/mol. The number of aliphatic hydroxyl groups excluding tert-OH is 2. The lowest BCUT2D eigenvalue weighted by atomic mass is 10.3. The van der Waals surface area contributed by atoms with Crippen LogP contribution in [-0.4, -0.2) is 32.6 Å². The van der Waals surface area contributed by atoms with Crippen molar-refractivity contribution >= 4 is 0 Å². The van der Waals surface area contributed by atoms with Crippen molar-refractivity contribution in [1.29, 1.82) is 0 Å². The summed E-state index contributed by atoms with van der Waals surface area (Å²) in [6.07, 6.45) is 14.3. The fraction of sp³-hybridized carbons (Fsp3) is 0.571. The van der Waals surface area contributed by atoms with Crippen LogP contribution in [0, 0.1) is 0 Å². The van der Waals surface area contributed by atoms with Crippen molar-refractivity contribution in [2.24, 2.45) is 0 Å². The number of nitrogens with zero attached hydrogens (tertiary/aromatic N) is 4. The second kappa shape index (κ2) is 7.81. The molecule has 0 unspecified atom stereocenters. The smallest absolute Gasteiger partial charge is 0.243 e. The first kappa shape index (κ1) is 14.7. The molecule has 0 aliphatic rings. The van der Waals surface area contributed by atoms with E-state index in [2.05, 4.69) is 9.13 Å². The van der Waals surface area contributed by atoms with Crippen LogP contribution >= 0.6 is 0 Å². The summed E-state index contributed by atoms with van der Waals surface area (Å²) in [5.74, 6) is 0. The third kappa shape index (κ3) is 4.47. The van der Waals surface area contributed by atoms with Crippen LogP contribution in [0.3, 0.4) is 0 Å². The van der Waals surface area contributed by atoms with Gasteiger partial charge in [0.05, 0.1) is 26.3 Å². The number of rotatable bonds is 9. The summed E-state index contributed by atoms with van der Waals surface area (Å²) in [5.41, 5.74) is 0. The number of aryl methyl sites for hydroxylation is 2. The third-order valence-corrected chi connectivity index (χ3v) is 3.29. The maximum Gasteiger partial charge on any atom is 0.243 e. The molecule has 0 fully saturated rings. The van der Waals surface area contributed by atoms with Crippen LogP contribution in [0.2, 0.25) is 0 Å². The van der Waals surface area contributed by atoms with E-state index in [0.29, 0.717) is 13.1 Å². The highest BCUT2D eigenvalue weighted by molar-refractivity contribution is 4.66. The van der Waals surface area contributed by atoms with Gasteiger partial charge in [0.25, 0.3) is 0 Å². The molecule has 2 aromatic rings. The fourth-order valence-corrected chi connectivity index (χ4v) is 2.23. The van der Waals surface area contributed by atoms with E-state index in [9.17, 15) is 0 Å². The summed E-state index contributed by atoms with van der Waals surface area (Å²) >= 11 is 0. The first-order chi connectivity index (χ1) is 9.81. The van der Waals surface area contributed by atoms with Gasteiger partial charge in [-0.3, -0.25) is 0 Å². The lowest BCUT2D eigenvalue weighted by Gasteiger charge is -1.97. The lowest BCUT2D eigenvalue weighted by Crippen LogP contribution is -2.34. The Labute approximate surface area is 119 Å². The van der Waals surface area contributed by atoms with Gasteiger partial charge in [0, 0.05) is 0 Å². The van der Waals surface area contributed by atoms with E-state index in [1.807, 2.05) is 46.6 Å². The molecule has 2 heterocycles. The van der Waals surface area contributed by atoms with E-state index in [4.69, 9.17) is 10.2 Å². The molecule has 110 valence electrons. The lowest BCUT2D eigenvalue weighted by molar-refractivity contribution is -0.707. The van der Waals surface area contributed by atoms with Crippen molar-refractivity contribution in [2.75, 3.05) is 13.2 Å². The Hall–Kier alpha value is -1.66. The van der Waals surface area contributed by atoms with Crippen LogP contribution < -0.4 is 9.13 Å². The highest BCUT2D eigenvalue weighted by Crippen LogP contribution is 1.92. The number of imidazole rings is 2. The molecule has 0 atom stereocenters. The van der Waals surface area contributed by atoms with Crippen molar-refractivity contribution in [2.45, 2.75) is 39.0 Å². The van der Waals surface area contributed by atoms with Crippen molar-refractivity contribution < 1.29 is 19.3 Å². The standard InChI is InChI=1S/C14H24N4O2/c19-11-9-17-7-5-15(13-17)3-1-2-4-16-6-8-18(14-16)10-12-20/h5-8,13-14,19-20H,1-4,9-12H2/q+2. The molecule has 0 aromatic carbocycles. The van der Waals surface area contributed by atoms with Crippen LogP contribution in [0.4, 0.5) is 0 Å². The summed E-state index contributed by atoms with van der Waals surface area (Å²) in [7, 11) is 0. The molecule has 20 heavy (non-hydrogen) atoms. The first-order valence-electron chi connectivity index (χ1n) is 7.13.